The number of aliphatic hydroxyl groups is 5. The first-order valence-corrected chi connectivity index (χ1v) is 32.1. The largest absolute Gasteiger partial charge is 0.454 e. The molecule has 8 atom stereocenters. The third kappa shape index (κ3) is 43.0. The maximum Gasteiger partial charge on any atom is 0.306 e. The van der Waals surface area contributed by atoms with Gasteiger partial charge in [-0.2, -0.15) is 0 Å². The van der Waals surface area contributed by atoms with Gasteiger partial charge >= 0.3 is 5.97 Å². The number of rotatable bonds is 53. The highest BCUT2D eigenvalue weighted by Crippen LogP contribution is 2.26. The minimum absolute atomic E-state index is 0.114. The first kappa shape index (κ1) is 73.6. The zero-order chi connectivity index (χ0) is 57.5. The van der Waals surface area contributed by atoms with Gasteiger partial charge in [-0.3, -0.25) is 9.59 Å². The van der Waals surface area contributed by atoms with Gasteiger partial charge in [0.05, 0.1) is 25.4 Å². The van der Waals surface area contributed by atoms with Crippen LogP contribution in [0.25, 0.3) is 0 Å². The summed E-state index contributed by atoms with van der Waals surface area (Å²) in [6, 6.07) is -1.04. The molecule has 11 heteroatoms. The van der Waals surface area contributed by atoms with E-state index in [4.69, 9.17) is 14.2 Å². The van der Waals surface area contributed by atoms with Crippen LogP contribution in [0.4, 0.5) is 0 Å². The molecule has 1 aliphatic heterocycles. The summed E-state index contributed by atoms with van der Waals surface area (Å²) in [5, 5.41) is 56.9. The molecule has 1 aliphatic rings. The van der Waals surface area contributed by atoms with Gasteiger partial charge in [0.15, 0.2) is 12.4 Å². The predicted molar refractivity (Wildman–Crippen MR) is 329 cm³/mol. The Balaban J connectivity index is 2.60. The number of carbonyl (C=O) groups excluding carboxylic acids is 2. The van der Waals surface area contributed by atoms with Crippen molar-refractivity contribution in [3.8, 4) is 0 Å². The van der Waals surface area contributed by atoms with Crippen LogP contribution < -0.4 is 5.32 Å². The molecule has 0 aromatic heterocycles. The Bertz CT molecular complexity index is 1650. The molecule has 0 radical (unpaired) electrons. The van der Waals surface area contributed by atoms with E-state index in [1.165, 1.54) is 116 Å². The fourth-order valence-electron chi connectivity index (χ4n) is 9.49. The molecule has 8 unspecified atom stereocenters. The number of aliphatic hydroxyl groups excluding tert-OH is 5. The molecule has 0 aromatic carbocycles. The highest BCUT2D eigenvalue weighted by Gasteiger charge is 2.47. The van der Waals surface area contributed by atoms with Crippen molar-refractivity contribution in [1.82, 2.24) is 5.32 Å². The van der Waals surface area contributed by atoms with Gasteiger partial charge in [-0.25, -0.2) is 0 Å². The van der Waals surface area contributed by atoms with Gasteiger partial charge in [0.2, 0.25) is 5.91 Å². The van der Waals surface area contributed by atoms with E-state index >= 15 is 0 Å². The van der Waals surface area contributed by atoms with Crippen molar-refractivity contribution in [2.24, 2.45) is 0 Å². The number of hydrogen-bond donors (Lipinski definition) is 6. The van der Waals surface area contributed by atoms with Crippen LogP contribution in [-0.2, 0) is 23.8 Å². The number of nitrogens with one attached hydrogen (secondary N) is 1. The quantitative estimate of drug-likeness (QED) is 0.0149. The average Bonchev–Trinajstić information content (AvgIpc) is 3.45. The molecule has 0 saturated carbocycles. The maximum atomic E-state index is 13.4. The molecule has 0 spiro atoms. The number of amides is 1. The molecule has 1 fully saturated rings. The SMILES string of the molecule is CC/C=C/C=C/C=C/C=C\CCCCCCC(O)C(=O)NC(COC1OC(CO)C(O)C(O)C1OC(=O)CCCCCCCCCCCCCC/C=C\C/C=C\C/C=C\CCCCC)C(O)/C=C/CCCCCCCCCCC. The van der Waals surface area contributed by atoms with Gasteiger partial charge < -0.3 is 45.1 Å². The lowest BCUT2D eigenvalue weighted by atomic mass is 9.99. The summed E-state index contributed by atoms with van der Waals surface area (Å²) < 4.78 is 17.6. The van der Waals surface area contributed by atoms with Crippen molar-refractivity contribution in [2.45, 2.75) is 307 Å². The summed E-state index contributed by atoms with van der Waals surface area (Å²) in [6.45, 7) is 5.60. The zero-order valence-electron chi connectivity index (χ0n) is 50.2. The molecule has 454 valence electrons. The summed E-state index contributed by atoms with van der Waals surface area (Å²) >= 11 is 0. The van der Waals surface area contributed by atoms with Crippen molar-refractivity contribution < 1.29 is 49.3 Å². The molecule has 1 rings (SSSR count). The average molecular weight is 1110 g/mol. The Labute approximate surface area is 482 Å². The van der Waals surface area contributed by atoms with Gasteiger partial charge in [0.25, 0.3) is 0 Å². The Morgan fingerprint density at radius 3 is 1.51 bits per heavy atom. The van der Waals surface area contributed by atoms with Gasteiger partial charge in [0, 0.05) is 6.42 Å². The van der Waals surface area contributed by atoms with Gasteiger partial charge in [-0.05, 0) is 83.5 Å². The lowest BCUT2D eigenvalue weighted by molar-refractivity contribution is -0.305. The van der Waals surface area contributed by atoms with Crippen molar-refractivity contribution in [3.05, 3.63) is 97.2 Å². The number of ether oxygens (including phenoxy) is 3. The van der Waals surface area contributed by atoms with E-state index in [0.29, 0.717) is 12.8 Å². The topological polar surface area (TPSA) is 175 Å². The number of unbranched alkanes of at least 4 members (excludes halogenated alkanes) is 28. The number of carbonyl (C=O) groups is 2. The van der Waals surface area contributed by atoms with E-state index < -0.39 is 67.4 Å². The lowest BCUT2D eigenvalue weighted by Gasteiger charge is -2.41. The van der Waals surface area contributed by atoms with Crippen LogP contribution in [0.3, 0.4) is 0 Å². The lowest BCUT2D eigenvalue weighted by Crippen LogP contribution is -2.61. The first-order valence-electron chi connectivity index (χ1n) is 32.1. The van der Waals surface area contributed by atoms with Crippen molar-refractivity contribution >= 4 is 11.9 Å². The minimum Gasteiger partial charge on any atom is -0.454 e. The van der Waals surface area contributed by atoms with E-state index in [-0.39, 0.29) is 19.4 Å². The molecule has 0 bridgehead atoms. The first-order chi connectivity index (χ1) is 38.7. The van der Waals surface area contributed by atoms with E-state index in [1.54, 1.807) is 6.08 Å². The predicted octanol–water partition coefficient (Wildman–Crippen LogP) is 15.5. The Morgan fingerprint density at radius 1 is 0.519 bits per heavy atom. The standard InChI is InChI=1S/C68H117NO10/c1-4-7-10-13-16-19-22-24-26-27-28-29-30-31-32-33-34-35-36-38-41-44-47-50-53-56-63(73)79-66-65(75)64(74)62(57-70)78-68(66)77-58-59(60(71)54-51-48-45-42-39-21-18-15-12-9-6-3)69-67(76)61(72)55-52-49-46-43-40-37-25-23-20-17-14-11-8-5-2/h8,11,14,16-17,19-20,23-26,28-29,37,51,54,59-62,64-66,68,70-72,74-75H,4-7,9-10,12-13,15,18,21-22,27,30-36,38-50,52-53,55-58H2,1-3H3,(H,69,76)/b11-8+,17-14+,19-16-,23-20+,26-24-,29-28-,37-25-,54-51+. The van der Waals surface area contributed by atoms with E-state index in [1.807, 2.05) is 42.5 Å². The molecular formula is C68H117NO10. The summed E-state index contributed by atoms with van der Waals surface area (Å²) in [4.78, 5) is 26.5. The van der Waals surface area contributed by atoms with Crippen LogP contribution in [0.5, 0.6) is 0 Å². The Kier molecular flexibility index (Phi) is 51.4. The van der Waals surface area contributed by atoms with Crippen molar-refractivity contribution in [1.29, 1.82) is 0 Å². The smallest absolute Gasteiger partial charge is 0.306 e. The molecule has 1 amide bonds. The highest BCUT2D eigenvalue weighted by molar-refractivity contribution is 5.80. The zero-order valence-corrected chi connectivity index (χ0v) is 50.2. The highest BCUT2D eigenvalue weighted by atomic mass is 16.7. The molecule has 1 heterocycles. The molecule has 0 aliphatic carbocycles. The summed E-state index contributed by atoms with van der Waals surface area (Å²) in [5.74, 6) is -1.22. The third-order valence-corrected chi connectivity index (χ3v) is 14.6. The maximum absolute atomic E-state index is 13.4. The molecule has 0 aromatic rings. The summed E-state index contributed by atoms with van der Waals surface area (Å²) in [7, 11) is 0. The van der Waals surface area contributed by atoms with E-state index in [9.17, 15) is 35.1 Å². The monoisotopic (exact) mass is 1110 g/mol. The van der Waals surface area contributed by atoms with Gasteiger partial charge in [-0.15, -0.1) is 0 Å². The molecule has 79 heavy (non-hydrogen) atoms. The summed E-state index contributed by atoms with van der Waals surface area (Å²) in [5.41, 5.74) is 0. The van der Waals surface area contributed by atoms with Gasteiger partial charge in [0.1, 0.15) is 24.4 Å². The van der Waals surface area contributed by atoms with Crippen LogP contribution in [0.2, 0.25) is 0 Å². The van der Waals surface area contributed by atoms with Crippen LogP contribution in [0.15, 0.2) is 97.2 Å². The molecule has 11 nitrogen and oxygen atoms in total. The Morgan fingerprint density at radius 2 is 0.962 bits per heavy atom. The van der Waals surface area contributed by atoms with Crippen molar-refractivity contribution in [3.63, 3.8) is 0 Å². The second-order valence-corrected chi connectivity index (χ2v) is 21.8. The van der Waals surface area contributed by atoms with Crippen LogP contribution >= 0.6 is 0 Å². The van der Waals surface area contributed by atoms with Crippen molar-refractivity contribution in [2.75, 3.05) is 13.2 Å². The minimum atomic E-state index is -1.62. The number of esters is 1. The van der Waals surface area contributed by atoms with Crippen LogP contribution in [-0.4, -0.2) is 99.6 Å². The van der Waals surface area contributed by atoms with Crippen LogP contribution in [0, 0.1) is 0 Å². The van der Waals surface area contributed by atoms with Crippen LogP contribution in [0.1, 0.15) is 258 Å². The fourth-order valence-corrected chi connectivity index (χ4v) is 9.49. The normalized spacial score (nSPS) is 19.5. The molecular weight excluding hydrogens is 991 g/mol. The second kappa shape index (κ2) is 55.1. The van der Waals surface area contributed by atoms with E-state index in [0.717, 1.165) is 96.3 Å². The van der Waals surface area contributed by atoms with Gasteiger partial charge in [-0.1, -0.05) is 266 Å². The molecule has 1 saturated heterocycles. The second-order valence-electron chi connectivity index (χ2n) is 21.8. The Hall–Kier alpha value is -3.42. The van der Waals surface area contributed by atoms with E-state index in [2.05, 4.69) is 74.7 Å². The molecule has 6 N–H and O–H groups in total. The fraction of sp³-hybridized carbons (Fsp3) is 0.735. The third-order valence-electron chi connectivity index (χ3n) is 14.6. The number of allylic oxidation sites excluding steroid dienone is 15. The summed E-state index contributed by atoms with van der Waals surface area (Å²) in [6.07, 6.45) is 63.1. The number of hydrogen-bond acceptors (Lipinski definition) is 10.